The Labute approximate surface area is 81.4 Å². The first-order chi connectivity index (χ1) is 6.40. The van der Waals surface area contributed by atoms with E-state index in [0.29, 0.717) is 11.4 Å². The first-order valence-corrected chi connectivity index (χ1v) is 4.39. The van der Waals surface area contributed by atoms with E-state index in [-0.39, 0.29) is 5.56 Å². The number of aliphatic hydroxyl groups excluding tert-OH is 1. The number of aliphatic hydroxyl groups is 1. The van der Waals surface area contributed by atoms with Crippen molar-refractivity contribution >= 4 is 0 Å². The summed E-state index contributed by atoms with van der Waals surface area (Å²) in [5.74, 6) is -2.99. The van der Waals surface area contributed by atoms with Crippen LogP contribution < -0.4 is 0 Å². The SMILES string of the molecule is Cc1nn(C)c(C)c1C(F)(F)CCO. The predicted octanol–water partition coefficient (Wildman–Crippen LogP) is 1.51. The molecule has 0 unspecified atom stereocenters. The van der Waals surface area contributed by atoms with Gasteiger partial charge in [-0.05, 0) is 13.8 Å². The molecule has 1 heterocycles. The van der Waals surface area contributed by atoms with E-state index < -0.39 is 19.0 Å². The molecule has 3 nitrogen and oxygen atoms in total. The largest absolute Gasteiger partial charge is 0.396 e. The zero-order valence-electron chi connectivity index (χ0n) is 8.51. The molecule has 0 spiro atoms. The molecule has 0 radical (unpaired) electrons. The molecule has 0 fully saturated rings. The van der Waals surface area contributed by atoms with E-state index in [9.17, 15) is 8.78 Å². The maximum atomic E-state index is 13.5. The highest BCUT2D eigenvalue weighted by molar-refractivity contribution is 5.29. The third kappa shape index (κ3) is 1.77. The van der Waals surface area contributed by atoms with E-state index >= 15 is 0 Å². The van der Waals surface area contributed by atoms with Crippen molar-refractivity contribution < 1.29 is 13.9 Å². The molecule has 0 saturated heterocycles. The Morgan fingerprint density at radius 2 is 2.00 bits per heavy atom. The van der Waals surface area contributed by atoms with Crippen LogP contribution in [0.3, 0.4) is 0 Å². The van der Waals surface area contributed by atoms with Gasteiger partial charge in [-0.2, -0.15) is 5.10 Å². The fourth-order valence-corrected chi connectivity index (χ4v) is 1.57. The number of alkyl halides is 2. The number of rotatable bonds is 3. The summed E-state index contributed by atoms with van der Waals surface area (Å²) >= 11 is 0. The number of aromatic nitrogens is 2. The van der Waals surface area contributed by atoms with E-state index in [1.165, 1.54) is 4.68 Å². The van der Waals surface area contributed by atoms with Gasteiger partial charge >= 0.3 is 0 Å². The smallest absolute Gasteiger partial charge is 0.278 e. The lowest BCUT2D eigenvalue weighted by atomic mass is 10.0. The van der Waals surface area contributed by atoms with Crippen LogP contribution in [0, 0.1) is 13.8 Å². The number of aryl methyl sites for hydroxylation is 2. The molecular formula is C9H14F2N2O. The van der Waals surface area contributed by atoms with Crippen molar-refractivity contribution in [3.63, 3.8) is 0 Å². The Bertz CT molecular complexity index is 334. The van der Waals surface area contributed by atoms with Gasteiger partial charge in [-0.1, -0.05) is 0 Å². The van der Waals surface area contributed by atoms with Gasteiger partial charge in [0.1, 0.15) is 0 Å². The Balaban J connectivity index is 3.17. The zero-order valence-corrected chi connectivity index (χ0v) is 8.51. The number of hydrogen-bond acceptors (Lipinski definition) is 2. The van der Waals surface area contributed by atoms with Crippen LogP contribution in [0.4, 0.5) is 8.78 Å². The van der Waals surface area contributed by atoms with Gasteiger partial charge in [0.25, 0.3) is 5.92 Å². The molecule has 0 atom stereocenters. The van der Waals surface area contributed by atoms with Crippen molar-refractivity contribution in [2.75, 3.05) is 6.61 Å². The molecule has 14 heavy (non-hydrogen) atoms. The molecule has 0 aliphatic heterocycles. The molecule has 0 bridgehead atoms. The van der Waals surface area contributed by atoms with E-state index in [0.717, 1.165) is 0 Å². The maximum absolute atomic E-state index is 13.5. The molecule has 80 valence electrons. The van der Waals surface area contributed by atoms with Gasteiger partial charge in [-0.3, -0.25) is 4.68 Å². The van der Waals surface area contributed by atoms with Crippen molar-refractivity contribution in [2.24, 2.45) is 7.05 Å². The number of halogens is 2. The first kappa shape index (κ1) is 11.1. The molecular weight excluding hydrogens is 190 g/mol. The Hall–Kier alpha value is -0.970. The third-order valence-corrected chi connectivity index (χ3v) is 2.30. The third-order valence-electron chi connectivity index (χ3n) is 2.30. The highest BCUT2D eigenvalue weighted by Crippen LogP contribution is 2.35. The van der Waals surface area contributed by atoms with Crippen LogP contribution in [0.2, 0.25) is 0 Å². The lowest BCUT2D eigenvalue weighted by Crippen LogP contribution is -2.17. The van der Waals surface area contributed by atoms with Crippen molar-refractivity contribution in [2.45, 2.75) is 26.2 Å². The maximum Gasteiger partial charge on any atom is 0.278 e. The van der Waals surface area contributed by atoms with E-state index in [2.05, 4.69) is 5.10 Å². The highest BCUT2D eigenvalue weighted by Gasteiger charge is 2.36. The summed E-state index contributed by atoms with van der Waals surface area (Å²) in [5, 5.41) is 12.5. The monoisotopic (exact) mass is 204 g/mol. The average molecular weight is 204 g/mol. The topological polar surface area (TPSA) is 38.0 Å². The molecule has 1 rings (SSSR count). The van der Waals surface area contributed by atoms with Gasteiger partial charge < -0.3 is 5.11 Å². The average Bonchev–Trinajstić information content (AvgIpc) is 2.26. The second-order valence-corrected chi connectivity index (χ2v) is 3.35. The summed E-state index contributed by atoms with van der Waals surface area (Å²) in [6.45, 7) is 2.62. The van der Waals surface area contributed by atoms with Crippen LogP contribution in [0.25, 0.3) is 0 Å². The second kappa shape index (κ2) is 3.65. The molecule has 0 aliphatic carbocycles. The predicted molar refractivity (Wildman–Crippen MR) is 48.3 cm³/mol. The molecule has 0 amide bonds. The van der Waals surface area contributed by atoms with Crippen LogP contribution in [-0.4, -0.2) is 21.5 Å². The fraction of sp³-hybridized carbons (Fsp3) is 0.667. The zero-order chi connectivity index (χ0) is 10.9. The molecule has 1 aromatic rings. The van der Waals surface area contributed by atoms with E-state index in [4.69, 9.17) is 5.11 Å². The first-order valence-electron chi connectivity index (χ1n) is 4.39. The summed E-state index contributed by atoms with van der Waals surface area (Å²) in [7, 11) is 1.63. The van der Waals surface area contributed by atoms with Crippen LogP contribution in [-0.2, 0) is 13.0 Å². The molecule has 0 aromatic carbocycles. The summed E-state index contributed by atoms with van der Waals surface area (Å²) in [6, 6.07) is 0. The van der Waals surface area contributed by atoms with Crippen LogP contribution in [0.15, 0.2) is 0 Å². The molecule has 1 aromatic heterocycles. The Morgan fingerprint density at radius 1 is 1.43 bits per heavy atom. The second-order valence-electron chi connectivity index (χ2n) is 3.35. The van der Waals surface area contributed by atoms with Gasteiger partial charge in [0, 0.05) is 25.8 Å². The Morgan fingerprint density at radius 3 is 2.36 bits per heavy atom. The van der Waals surface area contributed by atoms with Gasteiger partial charge in [-0.15, -0.1) is 0 Å². The summed E-state index contributed by atoms with van der Waals surface area (Å²) in [6.07, 6.45) is -0.555. The standard InChI is InChI=1S/C9H14F2N2O/c1-6-8(7(2)13(3)12-6)9(10,11)4-5-14/h14H,4-5H2,1-3H3. The van der Waals surface area contributed by atoms with Crippen LogP contribution in [0.5, 0.6) is 0 Å². The summed E-state index contributed by atoms with van der Waals surface area (Å²) in [4.78, 5) is 0. The highest BCUT2D eigenvalue weighted by atomic mass is 19.3. The van der Waals surface area contributed by atoms with E-state index in [1.807, 2.05) is 0 Å². The lowest BCUT2D eigenvalue weighted by molar-refractivity contribution is -0.0281. The van der Waals surface area contributed by atoms with Crippen molar-refractivity contribution in [1.82, 2.24) is 9.78 Å². The minimum Gasteiger partial charge on any atom is -0.396 e. The molecule has 0 saturated carbocycles. The normalized spacial score (nSPS) is 12.1. The van der Waals surface area contributed by atoms with Gasteiger partial charge in [0.15, 0.2) is 0 Å². The molecule has 5 heteroatoms. The lowest BCUT2D eigenvalue weighted by Gasteiger charge is -2.15. The number of hydrogen-bond donors (Lipinski definition) is 1. The van der Waals surface area contributed by atoms with E-state index in [1.54, 1.807) is 20.9 Å². The Kier molecular flexibility index (Phi) is 2.89. The van der Waals surface area contributed by atoms with Crippen LogP contribution in [0.1, 0.15) is 23.4 Å². The molecule has 0 aliphatic rings. The fourth-order valence-electron chi connectivity index (χ4n) is 1.57. The van der Waals surface area contributed by atoms with Crippen molar-refractivity contribution in [1.29, 1.82) is 0 Å². The van der Waals surface area contributed by atoms with Crippen LogP contribution >= 0.6 is 0 Å². The summed E-state index contributed by atoms with van der Waals surface area (Å²) in [5.41, 5.74) is 0.707. The van der Waals surface area contributed by atoms with Gasteiger partial charge in [0.05, 0.1) is 11.3 Å². The minimum atomic E-state index is -2.99. The van der Waals surface area contributed by atoms with Gasteiger partial charge in [-0.25, -0.2) is 8.78 Å². The van der Waals surface area contributed by atoms with Crippen molar-refractivity contribution in [3.8, 4) is 0 Å². The van der Waals surface area contributed by atoms with Crippen molar-refractivity contribution in [3.05, 3.63) is 17.0 Å². The number of nitrogens with zero attached hydrogens (tertiary/aromatic N) is 2. The summed E-state index contributed by atoms with van der Waals surface area (Å²) < 4.78 is 28.4. The molecule has 1 N–H and O–H groups in total. The quantitative estimate of drug-likeness (QED) is 0.810. The van der Waals surface area contributed by atoms with Gasteiger partial charge in [0.2, 0.25) is 0 Å². The minimum absolute atomic E-state index is 0.0611.